The number of amides is 1. The highest BCUT2D eigenvalue weighted by Gasteiger charge is 2.11. The van der Waals surface area contributed by atoms with Crippen molar-refractivity contribution in [1.29, 1.82) is 0 Å². The number of anilines is 1. The summed E-state index contributed by atoms with van der Waals surface area (Å²) in [6.45, 7) is 1.88. The van der Waals surface area contributed by atoms with Crippen molar-refractivity contribution in [2.24, 2.45) is 0 Å². The number of carbonyl (C=O) groups is 2. The zero-order chi connectivity index (χ0) is 16.8. The molecule has 120 valence electrons. The summed E-state index contributed by atoms with van der Waals surface area (Å²) >= 11 is 3.15. The molecular formula is C17H16BrNO4. The van der Waals surface area contributed by atoms with Gasteiger partial charge in [0.2, 0.25) is 0 Å². The minimum Gasteiger partial charge on any atom is -0.466 e. The molecule has 0 atom stereocenters. The summed E-state index contributed by atoms with van der Waals surface area (Å²) in [7, 11) is 1.35. The van der Waals surface area contributed by atoms with E-state index in [9.17, 15) is 9.59 Å². The number of methoxy groups -OCH3 is 1. The van der Waals surface area contributed by atoms with Gasteiger partial charge in [-0.1, -0.05) is 19.1 Å². The third-order valence-electron chi connectivity index (χ3n) is 3.11. The zero-order valence-electron chi connectivity index (χ0n) is 12.8. The molecule has 2 rings (SSSR count). The van der Waals surface area contributed by atoms with E-state index in [2.05, 4.69) is 21.2 Å². The number of carbonyl (C=O) groups excluding carboxylic acids is 2. The number of halogens is 1. The molecule has 1 aromatic heterocycles. The fraction of sp³-hybridized carbons (Fsp3) is 0.176. The van der Waals surface area contributed by atoms with E-state index in [1.165, 1.54) is 7.11 Å². The summed E-state index contributed by atoms with van der Waals surface area (Å²) in [4.78, 5) is 23.7. The van der Waals surface area contributed by atoms with E-state index in [0.717, 1.165) is 5.56 Å². The van der Waals surface area contributed by atoms with Gasteiger partial charge >= 0.3 is 5.97 Å². The standard InChI is InChI=1S/C17H16BrNO4/c1-3-12(17(21)22-2)9-11-5-4-6-13(10-11)19-16(20)14-7-8-15(18)23-14/h4-10H,3H2,1-2H3,(H,19,20). The van der Waals surface area contributed by atoms with Crippen LogP contribution in [0.3, 0.4) is 0 Å². The van der Waals surface area contributed by atoms with Crippen LogP contribution in [0.2, 0.25) is 0 Å². The van der Waals surface area contributed by atoms with Gasteiger partial charge in [-0.25, -0.2) is 4.79 Å². The van der Waals surface area contributed by atoms with Gasteiger partial charge in [-0.2, -0.15) is 0 Å². The topological polar surface area (TPSA) is 68.5 Å². The molecule has 0 spiro atoms. The summed E-state index contributed by atoms with van der Waals surface area (Å²) in [5.74, 6) is -0.496. The molecule has 1 amide bonds. The quantitative estimate of drug-likeness (QED) is 0.624. The smallest absolute Gasteiger partial charge is 0.333 e. The predicted molar refractivity (Wildman–Crippen MR) is 91.1 cm³/mol. The van der Waals surface area contributed by atoms with Crippen LogP contribution in [0.15, 0.2) is 51.1 Å². The average Bonchev–Trinajstić information content (AvgIpc) is 2.99. The van der Waals surface area contributed by atoms with Crippen LogP contribution in [0.25, 0.3) is 6.08 Å². The van der Waals surface area contributed by atoms with Gasteiger partial charge in [0.1, 0.15) is 0 Å². The maximum Gasteiger partial charge on any atom is 0.333 e. The van der Waals surface area contributed by atoms with Crippen LogP contribution >= 0.6 is 15.9 Å². The van der Waals surface area contributed by atoms with E-state index in [4.69, 9.17) is 9.15 Å². The Morgan fingerprint density at radius 1 is 1.30 bits per heavy atom. The first kappa shape index (κ1) is 17.0. The van der Waals surface area contributed by atoms with Gasteiger partial charge < -0.3 is 14.5 Å². The molecular weight excluding hydrogens is 362 g/mol. The molecule has 23 heavy (non-hydrogen) atoms. The Morgan fingerprint density at radius 3 is 2.70 bits per heavy atom. The van der Waals surface area contributed by atoms with Gasteiger partial charge in [0.05, 0.1) is 7.11 Å². The maximum atomic E-state index is 12.1. The molecule has 0 saturated heterocycles. The third-order valence-corrected chi connectivity index (χ3v) is 3.54. The second-order valence-corrected chi connectivity index (χ2v) is 5.48. The summed E-state index contributed by atoms with van der Waals surface area (Å²) in [5, 5.41) is 2.75. The highest BCUT2D eigenvalue weighted by molar-refractivity contribution is 9.10. The molecule has 0 aliphatic carbocycles. The van der Waals surface area contributed by atoms with Crippen molar-refractivity contribution >= 4 is 39.6 Å². The molecule has 2 aromatic rings. The summed E-state index contributed by atoms with van der Waals surface area (Å²) in [6.07, 6.45) is 2.30. The van der Waals surface area contributed by atoms with Crippen molar-refractivity contribution in [2.75, 3.05) is 12.4 Å². The number of ether oxygens (including phenoxy) is 1. The predicted octanol–water partition coefficient (Wildman–Crippen LogP) is 4.26. The monoisotopic (exact) mass is 377 g/mol. The fourth-order valence-corrected chi connectivity index (χ4v) is 2.28. The fourth-order valence-electron chi connectivity index (χ4n) is 1.97. The van der Waals surface area contributed by atoms with Crippen LogP contribution < -0.4 is 5.32 Å². The number of hydrogen-bond donors (Lipinski definition) is 1. The van der Waals surface area contributed by atoms with Gasteiger partial charge in [0.25, 0.3) is 5.91 Å². The lowest BCUT2D eigenvalue weighted by Crippen LogP contribution is -2.10. The summed E-state index contributed by atoms with van der Waals surface area (Å²) in [5.41, 5.74) is 1.97. The Hall–Kier alpha value is -2.34. The lowest BCUT2D eigenvalue weighted by Gasteiger charge is -2.06. The Kier molecular flexibility index (Phi) is 5.76. The molecule has 1 N–H and O–H groups in total. The number of hydrogen-bond acceptors (Lipinski definition) is 4. The summed E-state index contributed by atoms with van der Waals surface area (Å²) in [6, 6.07) is 10.4. The molecule has 0 aliphatic rings. The highest BCUT2D eigenvalue weighted by Crippen LogP contribution is 2.18. The second kappa shape index (κ2) is 7.78. The third kappa shape index (κ3) is 4.56. The van der Waals surface area contributed by atoms with Crippen molar-refractivity contribution in [2.45, 2.75) is 13.3 Å². The van der Waals surface area contributed by atoms with Gasteiger partial charge in [0.15, 0.2) is 10.4 Å². The van der Waals surface area contributed by atoms with E-state index in [1.807, 2.05) is 13.0 Å². The lowest BCUT2D eigenvalue weighted by molar-refractivity contribution is -0.136. The van der Waals surface area contributed by atoms with E-state index >= 15 is 0 Å². The Labute approximate surface area is 142 Å². The average molecular weight is 378 g/mol. The summed E-state index contributed by atoms with van der Waals surface area (Å²) < 4.78 is 10.4. The molecule has 0 unspecified atom stereocenters. The van der Waals surface area contributed by atoms with Crippen molar-refractivity contribution in [3.05, 3.63) is 58.0 Å². The number of benzene rings is 1. The minimum atomic E-state index is -0.359. The van der Waals surface area contributed by atoms with Crippen LogP contribution in [-0.4, -0.2) is 19.0 Å². The highest BCUT2D eigenvalue weighted by atomic mass is 79.9. The van der Waals surface area contributed by atoms with E-state index in [-0.39, 0.29) is 17.6 Å². The first-order chi connectivity index (χ1) is 11.0. The first-order valence-corrected chi connectivity index (χ1v) is 7.78. The molecule has 0 fully saturated rings. The molecule has 0 bridgehead atoms. The molecule has 1 aromatic carbocycles. The number of nitrogens with one attached hydrogen (secondary N) is 1. The number of rotatable bonds is 5. The van der Waals surface area contributed by atoms with Gasteiger partial charge in [-0.05, 0) is 58.3 Å². The van der Waals surface area contributed by atoms with Crippen LogP contribution in [0.1, 0.15) is 29.5 Å². The minimum absolute atomic E-state index is 0.210. The maximum absolute atomic E-state index is 12.1. The Balaban J connectivity index is 2.18. The van der Waals surface area contributed by atoms with Crippen molar-refractivity contribution in [3.8, 4) is 0 Å². The normalized spacial score (nSPS) is 11.2. The van der Waals surface area contributed by atoms with Crippen LogP contribution in [0, 0.1) is 0 Å². The van der Waals surface area contributed by atoms with Gasteiger partial charge in [-0.15, -0.1) is 0 Å². The van der Waals surface area contributed by atoms with Crippen LogP contribution in [0.4, 0.5) is 5.69 Å². The molecule has 1 heterocycles. The van der Waals surface area contributed by atoms with E-state index in [0.29, 0.717) is 22.4 Å². The van der Waals surface area contributed by atoms with Crippen molar-refractivity contribution in [3.63, 3.8) is 0 Å². The van der Waals surface area contributed by atoms with Crippen molar-refractivity contribution in [1.82, 2.24) is 0 Å². The van der Waals surface area contributed by atoms with Crippen LogP contribution in [-0.2, 0) is 9.53 Å². The van der Waals surface area contributed by atoms with Gasteiger partial charge in [0, 0.05) is 11.3 Å². The van der Waals surface area contributed by atoms with E-state index in [1.54, 1.807) is 36.4 Å². The first-order valence-electron chi connectivity index (χ1n) is 6.99. The Bertz CT molecular complexity index is 749. The largest absolute Gasteiger partial charge is 0.466 e. The SMILES string of the molecule is CCC(=Cc1cccc(NC(=O)c2ccc(Br)o2)c1)C(=O)OC. The lowest BCUT2D eigenvalue weighted by atomic mass is 10.1. The van der Waals surface area contributed by atoms with Crippen LogP contribution in [0.5, 0.6) is 0 Å². The number of furan rings is 1. The number of esters is 1. The van der Waals surface area contributed by atoms with E-state index < -0.39 is 0 Å². The van der Waals surface area contributed by atoms with Crippen molar-refractivity contribution < 1.29 is 18.7 Å². The molecule has 6 heteroatoms. The molecule has 0 radical (unpaired) electrons. The van der Waals surface area contributed by atoms with Gasteiger partial charge in [-0.3, -0.25) is 4.79 Å². The molecule has 5 nitrogen and oxygen atoms in total. The Morgan fingerprint density at radius 2 is 2.09 bits per heavy atom. The molecule has 0 aliphatic heterocycles. The second-order valence-electron chi connectivity index (χ2n) is 4.70. The zero-order valence-corrected chi connectivity index (χ0v) is 14.3. The molecule has 0 saturated carbocycles.